The second kappa shape index (κ2) is 7.16. The van der Waals surface area contributed by atoms with Crippen LogP contribution in [0.2, 0.25) is 0 Å². The van der Waals surface area contributed by atoms with Gasteiger partial charge in [-0.15, -0.1) is 11.3 Å². The van der Waals surface area contributed by atoms with E-state index >= 15 is 0 Å². The van der Waals surface area contributed by atoms with Crippen molar-refractivity contribution in [2.75, 3.05) is 11.5 Å². The van der Waals surface area contributed by atoms with E-state index in [2.05, 4.69) is 28.5 Å². The summed E-state index contributed by atoms with van der Waals surface area (Å²) >= 11 is 3.20. The first-order chi connectivity index (χ1) is 11.2. The van der Waals surface area contributed by atoms with Crippen LogP contribution in [0.25, 0.3) is 0 Å². The molecule has 1 saturated heterocycles. The smallest absolute Gasteiger partial charge is 0.272 e. The Labute approximate surface area is 143 Å². The quantitative estimate of drug-likeness (QED) is 0.906. The minimum atomic E-state index is -0.727. The number of aromatic nitrogens is 1. The number of thioether (sulfide) groups is 1. The number of amides is 1. The van der Waals surface area contributed by atoms with Crippen molar-refractivity contribution in [3.8, 4) is 6.07 Å². The molecule has 1 amide bonds. The van der Waals surface area contributed by atoms with Gasteiger partial charge in [-0.05, 0) is 24.2 Å². The molecule has 0 saturated carbocycles. The number of carbonyl (C=O) groups is 1. The summed E-state index contributed by atoms with van der Waals surface area (Å²) in [6.45, 7) is 0. The zero-order valence-electron chi connectivity index (χ0n) is 12.6. The lowest BCUT2D eigenvalue weighted by atomic mass is 10.0. The number of hydrogen-bond acceptors (Lipinski definition) is 5. The molecule has 118 valence electrons. The molecule has 0 unspecified atom stereocenters. The highest BCUT2D eigenvalue weighted by molar-refractivity contribution is 7.99. The number of nitrogens with one attached hydrogen (secondary N) is 1. The Morgan fingerprint density at radius 3 is 2.87 bits per heavy atom. The summed E-state index contributed by atoms with van der Waals surface area (Å²) in [5.74, 6) is 1.32. The summed E-state index contributed by atoms with van der Waals surface area (Å²) in [4.78, 5) is 16.7. The van der Waals surface area contributed by atoms with Crippen LogP contribution >= 0.6 is 23.1 Å². The van der Waals surface area contributed by atoms with E-state index in [0.29, 0.717) is 17.9 Å². The van der Waals surface area contributed by atoms with Gasteiger partial charge in [0.2, 0.25) is 0 Å². The minimum absolute atomic E-state index is 0.240. The van der Waals surface area contributed by atoms with Gasteiger partial charge in [-0.2, -0.15) is 17.0 Å². The fourth-order valence-electron chi connectivity index (χ4n) is 2.49. The van der Waals surface area contributed by atoms with Gasteiger partial charge < -0.3 is 5.32 Å². The molecule has 1 N–H and O–H groups in total. The van der Waals surface area contributed by atoms with Crippen LogP contribution in [0, 0.1) is 11.3 Å². The number of aryl methyl sites for hydroxylation is 2. The third kappa shape index (κ3) is 3.92. The molecule has 4 nitrogen and oxygen atoms in total. The molecule has 0 bridgehead atoms. The molecule has 23 heavy (non-hydrogen) atoms. The maximum absolute atomic E-state index is 12.3. The first kappa shape index (κ1) is 16.0. The Morgan fingerprint density at radius 1 is 1.35 bits per heavy atom. The molecule has 0 aliphatic carbocycles. The summed E-state index contributed by atoms with van der Waals surface area (Å²) in [5.41, 5.74) is 0.958. The number of hydrogen-bond donors (Lipinski definition) is 1. The van der Waals surface area contributed by atoms with Crippen molar-refractivity contribution < 1.29 is 4.79 Å². The van der Waals surface area contributed by atoms with Crippen LogP contribution in [0.5, 0.6) is 0 Å². The van der Waals surface area contributed by atoms with Crippen molar-refractivity contribution in [1.82, 2.24) is 10.3 Å². The van der Waals surface area contributed by atoms with Crippen molar-refractivity contribution in [1.29, 1.82) is 5.26 Å². The van der Waals surface area contributed by atoms with E-state index in [-0.39, 0.29) is 5.91 Å². The maximum atomic E-state index is 12.3. The van der Waals surface area contributed by atoms with Crippen molar-refractivity contribution in [2.45, 2.75) is 24.8 Å². The van der Waals surface area contributed by atoms with E-state index in [1.54, 1.807) is 17.1 Å². The first-order valence-corrected chi connectivity index (χ1v) is 9.54. The summed E-state index contributed by atoms with van der Waals surface area (Å²) in [6, 6.07) is 12.5. The second-order valence-electron chi connectivity index (χ2n) is 5.56. The number of thiazole rings is 1. The lowest BCUT2D eigenvalue weighted by Crippen LogP contribution is -2.47. The van der Waals surface area contributed by atoms with Crippen LogP contribution in [0.3, 0.4) is 0 Å². The average Bonchev–Trinajstić information content (AvgIpc) is 3.24. The molecule has 3 rings (SSSR count). The number of carbonyl (C=O) groups excluding carboxylic acids is 1. The number of nitriles is 1. The Bertz CT molecular complexity index is 715. The topological polar surface area (TPSA) is 65.8 Å². The van der Waals surface area contributed by atoms with Crippen LogP contribution in [-0.4, -0.2) is 27.9 Å². The van der Waals surface area contributed by atoms with Crippen molar-refractivity contribution >= 4 is 29.0 Å². The zero-order valence-corrected chi connectivity index (χ0v) is 14.3. The molecule has 0 spiro atoms. The van der Waals surface area contributed by atoms with Gasteiger partial charge in [-0.1, -0.05) is 30.3 Å². The molecule has 1 fully saturated rings. The van der Waals surface area contributed by atoms with E-state index in [4.69, 9.17) is 0 Å². The summed E-state index contributed by atoms with van der Waals surface area (Å²) in [6.07, 6.45) is 2.43. The molecule has 1 atom stereocenters. The van der Waals surface area contributed by atoms with Crippen LogP contribution in [0.15, 0.2) is 35.7 Å². The molecule has 6 heteroatoms. The highest BCUT2D eigenvalue weighted by atomic mass is 32.2. The van der Waals surface area contributed by atoms with Gasteiger partial charge in [0.1, 0.15) is 11.2 Å². The van der Waals surface area contributed by atoms with Crippen molar-refractivity contribution in [3.63, 3.8) is 0 Å². The molecular formula is C17H17N3OS2. The van der Waals surface area contributed by atoms with E-state index in [0.717, 1.165) is 23.6 Å². The Kier molecular flexibility index (Phi) is 4.99. The van der Waals surface area contributed by atoms with Gasteiger partial charge in [0, 0.05) is 17.6 Å². The van der Waals surface area contributed by atoms with Crippen LogP contribution in [-0.2, 0) is 12.8 Å². The predicted molar refractivity (Wildman–Crippen MR) is 93.7 cm³/mol. The molecular weight excluding hydrogens is 326 g/mol. The number of rotatable bonds is 5. The van der Waals surface area contributed by atoms with Gasteiger partial charge in [-0.25, -0.2) is 4.98 Å². The predicted octanol–water partition coefficient (Wildman–Crippen LogP) is 3.06. The summed E-state index contributed by atoms with van der Waals surface area (Å²) in [5, 5.41) is 14.9. The van der Waals surface area contributed by atoms with Crippen molar-refractivity contribution in [3.05, 3.63) is 52.0 Å². The summed E-state index contributed by atoms with van der Waals surface area (Å²) < 4.78 is 0. The van der Waals surface area contributed by atoms with E-state index in [1.165, 1.54) is 16.9 Å². The maximum Gasteiger partial charge on any atom is 0.272 e. The van der Waals surface area contributed by atoms with Gasteiger partial charge in [0.15, 0.2) is 0 Å². The second-order valence-corrected chi connectivity index (χ2v) is 7.61. The van der Waals surface area contributed by atoms with E-state index < -0.39 is 5.54 Å². The number of nitrogens with zero attached hydrogens (tertiary/aromatic N) is 2. The highest BCUT2D eigenvalue weighted by Gasteiger charge is 2.36. The molecule has 2 heterocycles. The lowest BCUT2D eigenvalue weighted by Gasteiger charge is -2.20. The fourth-order valence-corrected chi connectivity index (χ4v) is 4.53. The molecule has 1 aromatic heterocycles. The normalized spacial score (nSPS) is 20.1. The van der Waals surface area contributed by atoms with Gasteiger partial charge in [-0.3, -0.25) is 4.79 Å². The highest BCUT2D eigenvalue weighted by Crippen LogP contribution is 2.27. The largest absolute Gasteiger partial charge is 0.332 e. The zero-order chi connectivity index (χ0) is 16.1. The van der Waals surface area contributed by atoms with Crippen LogP contribution in [0.4, 0.5) is 0 Å². The van der Waals surface area contributed by atoms with Gasteiger partial charge in [0.05, 0.1) is 11.1 Å². The molecule has 2 aromatic rings. The monoisotopic (exact) mass is 343 g/mol. The third-order valence-electron chi connectivity index (χ3n) is 3.84. The van der Waals surface area contributed by atoms with E-state index in [9.17, 15) is 10.1 Å². The summed E-state index contributed by atoms with van der Waals surface area (Å²) in [7, 11) is 0. The first-order valence-electron chi connectivity index (χ1n) is 7.51. The molecule has 1 aromatic carbocycles. The third-order valence-corrected chi connectivity index (χ3v) is 5.94. The average molecular weight is 343 g/mol. The van der Waals surface area contributed by atoms with E-state index in [1.807, 2.05) is 18.2 Å². The van der Waals surface area contributed by atoms with Gasteiger partial charge >= 0.3 is 0 Å². The van der Waals surface area contributed by atoms with Crippen LogP contribution in [0.1, 0.15) is 27.5 Å². The van der Waals surface area contributed by atoms with Gasteiger partial charge in [0.25, 0.3) is 5.91 Å². The Morgan fingerprint density at radius 2 is 2.17 bits per heavy atom. The Balaban J connectivity index is 1.60. The molecule has 1 aliphatic rings. The SMILES string of the molecule is N#C[C@@]1(NC(=O)c2csc(CCc3ccccc3)n2)CCSC1. The van der Waals surface area contributed by atoms with Crippen LogP contribution < -0.4 is 5.32 Å². The lowest BCUT2D eigenvalue weighted by molar-refractivity contribution is 0.0921. The Hall–Kier alpha value is -1.84. The van der Waals surface area contributed by atoms with Crippen molar-refractivity contribution in [2.24, 2.45) is 0 Å². The fraction of sp³-hybridized carbons (Fsp3) is 0.353. The standard InChI is InChI=1S/C17H17N3OS2/c18-11-17(8-9-22-12-17)20-16(21)14-10-23-15(19-14)7-6-13-4-2-1-3-5-13/h1-5,10H,6-9,12H2,(H,20,21)/t17-/m0/s1. The molecule has 0 radical (unpaired) electrons. The molecule has 1 aliphatic heterocycles. The minimum Gasteiger partial charge on any atom is -0.332 e. The number of benzene rings is 1.